The molecule has 16 heavy (non-hydrogen) atoms. The fraction of sp³-hybridized carbons (Fsp3) is 0.0909. The lowest BCUT2D eigenvalue weighted by atomic mass is 10.3. The van der Waals surface area contributed by atoms with E-state index in [4.69, 9.17) is 4.74 Å². The molecule has 0 amide bonds. The van der Waals surface area contributed by atoms with Gasteiger partial charge in [0.2, 0.25) is 5.88 Å². The lowest BCUT2D eigenvalue weighted by Crippen LogP contribution is -1.88. The van der Waals surface area contributed by atoms with Crippen molar-refractivity contribution in [1.82, 2.24) is 15.0 Å². The molecule has 5 nitrogen and oxygen atoms in total. The Bertz CT molecular complexity index is 484. The van der Waals surface area contributed by atoms with Crippen molar-refractivity contribution in [3.63, 3.8) is 0 Å². The number of nitrogens with zero attached hydrogens (tertiary/aromatic N) is 4. The second-order valence-corrected chi connectivity index (χ2v) is 2.96. The summed E-state index contributed by atoms with van der Waals surface area (Å²) in [6.07, 6.45) is 8.20. The first-order chi connectivity index (χ1) is 7.88. The van der Waals surface area contributed by atoms with Gasteiger partial charge in [-0.25, -0.2) is 4.99 Å². The number of rotatable bonds is 3. The van der Waals surface area contributed by atoms with Gasteiger partial charge in [-0.2, -0.15) is 4.98 Å². The van der Waals surface area contributed by atoms with Gasteiger partial charge in [-0.3, -0.25) is 9.97 Å². The molecule has 80 valence electrons. The van der Waals surface area contributed by atoms with Crippen LogP contribution in [0.15, 0.2) is 41.9 Å². The minimum absolute atomic E-state index is 0.445. The van der Waals surface area contributed by atoms with Crippen molar-refractivity contribution >= 4 is 12.0 Å². The smallest absolute Gasteiger partial charge is 0.234 e. The van der Waals surface area contributed by atoms with E-state index in [1.54, 1.807) is 31.9 Å². The first kappa shape index (κ1) is 10.2. The molecule has 2 rings (SSSR count). The second-order valence-electron chi connectivity index (χ2n) is 2.96. The zero-order valence-corrected chi connectivity index (χ0v) is 8.74. The molecule has 0 spiro atoms. The van der Waals surface area contributed by atoms with E-state index in [0.29, 0.717) is 11.7 Å². The van der Waals surface area contributed by atoms with Gasteiger partial charge in [0, 0.05) is 24.2 Å². The Morgan fingerprint density at radius 2 is 2.19 bits per heavy atom. The van der Waals surface area contributed by atoms with Crippen molar-refractivity contribution in [2.75, 3.05) is 7.11 Å². The van der Waals surface area contributed by atoms with E-state index >= 15 is 0 Å². The molecule has 0 atom stereocenters. The molecule has 5 heteroatoms. The lowest BCUT2D eigenvalue weighted by molar-refractivity contribution is 0.396. The van der Waals surface area contributed by atoms with Gasteiger partial charge in [0.05, 0.1) is 19.5 Å². The fourth-order valence-electron chi connectivity index (χ4n) is 1.09. The third-order valence-corrected chi connectivity index (χ3v) is 1.84. The zero-order chi connectivity index (χ0) is 11.2. The maximum Gasteiger partial charge on any atom is 0.234 e. The summed E-state index contributed by atoms with van der Waals surface area (Å²) < 4.78 is 4.95. The Kier molecular flexibility index (Phi) is 3.18. The SMILES string of the molecule is COc1cncc(/N=C/c2cccnc2)n1. The summed E-state index contributed by atoms with van der Waals surface area (Å²) >= 11 is 0. The minimum atomic E-state index is 0.445. The van der Waals surface area contributed by atoms with Crippen LogP contribution in [-0.2, 0) is 0 Å². The van der Waals surface area contributed by atoms with E-state index in [9.17, 15) is 0 Å². The molecule has 0 radical (unpaired) electrons. The minimum Gasteiger partial charge on any atom is -0.480 e. The van der Waals surface area contributed by atoms with Gasteiger partial charge < -0.3 is 4.74 Å². The number of aromatic nitrogens is 3. The highest BCUT2D eigenvalue weighted by Crippen LogP contribution is 2.10. The first-order valence-corrected chi connectivity index (χ1v) is 4.68. The van der Waals surface area contributed by atoms with Gasteiger partial charge >= 0.3 is 0 Å². The number of pyridine rings is 1. The topological polar surface area (TPSA) is 60.3 Å². The number of hydrogen-bond acceptors (Lipinski definition) is 5. The maximum atomic E-state index is 4.95. The molecule has 0 aliphatic heterocycles. The van der Waals surface area contributed by atoms with E-state index < -0.39 is 0 Å². The molecular weight excluding hydrogens is 204 g/mol. The summed E-state index contributed by atoms with van der Waals surface area (Å²) in [6, 6.07) is 3.75. The number of ether oxygens (including phenoxy) is 1. The predicted molar refractivity (Wildman–Crippen MR) is 60.1 cm³/mol. The Balaban J connectivity index is 2.17. The largest absolute Gasteiger partial charge is 0.480 e. The van der Waals surface area contributed by atoms with Crippen molar-refractivity contribution in [3.05, 3.63) is 42.5 Å². The Morgan fingerprint density at radius 3 is 2.94 bits per heavy atom. The van der Waals surface area contributed by atoms with Gasteiger partial charge in [-0.1, -0.05) is 6.07 Å². The summed E-state index contributed by atoms with van der Waals surface area (Å²) in [7, 11) is 1.54. The van der Waals surface area contributed by atoms with Crippen LogP contribution in [0, 0.1) is 0 Å². The summed E-state index contributed by atoms with van der Waals surface area (Å²) in [5, 5.41) is 0. The highest BCUT2D eigenvalue weighted by molar-refractivity contribution is 5.80. The maximum absolute atomic E-state index is 4.95. The van der Waals surface area contributed by atoms with Crippen molar-refractivity contribution in [3.8, 4) is 5.88 Å². The van der Waals surface area contributed by atoms with Crippen LogP contribution in [0.5, 0.6) is 5.88 Å². The normalized spacial score (nSPS) is 10.6. The second kappa shape index (κ2) is 4.97. The van der Waals surface area contributed by atoms with Crippen LogP contribution in [-0.4, -0.2) is 28.3 Å². The summed E-state index contributed by atoms with van der Waals surface area (Å²) in [5.74, 6) is 0.948. The molecule has 0 N–H and O–H groups in total. The van der Waals surface area contributed by atoms with Gasteiger partial charge in [0.25, 0.3) is 0 Å². The van der Waals surface area contributed by atoms with Gasteiger partial charge in [-0.05, 0) is 6.07 Å². The summed E-state index contributed by atoms with van der Waals surface area (Å²) in [5.41, 5.74) is 0.909. The quantitative estimate of drug-likeness (QED) is 0.728. The summed E-state index contributed by atoms with van der Waals surface area (Å²) in [6.45, 7) is 0. The molecule has 0 saturated carbocycles. The van der Waals surface area contributed by atoms with Crippen molar-refractivity contribution < 1.29 is 4.74 Å². The third-order valence-electron chi connectivity index (χ3n) is 1.84. The molecular formula is C11H10N4O. The Labute approximate surface area is 92.9 Å². The van der Waals surface area contributed by atoms with Gasteiger partial charge in [0.1, 0.15) is 0 Å². The fourth-order valence-corrected chi connectivity index (χ4v) is 1.09. The molecule has 0 saturated heterocycles. The van der Waals surface area contributed by atoms with Crippen molar-refractivity contribution in [2.45, 2.75) is 0 Å². The molecule has 0 aromatic carbocycles. The monoisotopic (exact) mass is 214 g/mol. The van der Waals surface area contributed by atoms with Crippen molar-refractivity contribution in [2.24, 2.45) is 4.99 Å². The lowest BCUT2D eigenvalue weighted by Gasteiger charge is -1.97. The predicted octanol–water partition coefficient (Wildman–Crippen LogP) is 1.63. The standard InChI is InChI=1S/C11H10N4O/c1-16-11-8-13-7-10(15-11)14-6-9-3-2-4-12-5-9/h2-8H,1H3/b14-6+. The Morgan fingerprint density at radius 1 is 1.25 bits per heavy atom. The van der Waals surface area contributed by atoms with E-state index in [1.807, 2.05) is 12.1 Å². The van der Waals surface area contributed by atoms with Crippen LogP contribution in [0.25, 0.3) is 0 Å². The van der Waals surface area contributed by atoms with Crippen LogP contribution >= 0.6 is 0 Å². The average molecular weight is 214 g/mol. The number of aliphatic imine (C=N–C) groups is 1. The number of methoxy groups -OCH3 is 1. The van der Waals surface area contributed by atoms with Gasteiger partial charge in [-0.15, -0.1) is 0 Å². The van der Waals surface area contributed by atoms with Gasteiger partial charge in [0.15, 0.2) is 5.82 Å². The highest BCUT2D eigenvalue weighted by Gasteiger charge is 1.95. The molecule has 0 aliphatic carbocycles. The molecule has 0 bridgehead atoms. The molecule has 0 fully saturated rings. The zero-order valence-electron chi connectivity index (χ0n) is 8.74. The number of hydrogen-bond donors (Lipinski definition) is 0. The van der Waals surface area contributed by atoms with E-state index in [1.165, 1.54) is 6.20 Å². The van der Waals surface area contributed by atoms with Crippen LogP contribution in [0.4, 0.5) is 5.82 Å². The molecule has 2 aromatic rings. The van der Waals surface area contributed by atoms with E-state index in [0.717, 1.165) is 5.56 Å². The van der Waals surface area contributed by atoms with Crippen molar-refractivity contribution in [1.29, 1.82) is 0 Å². The molecule has 0 aliphatic rings. The third kappa shape index (κ3) is 2.60. The highest BCUT2D eigenvalue weighted by atomic mass is 16.5. The van der Waals surface area contributed by atoms with Crippen LogP contribution in [0.2, 0.25) is 0 Å². The molecule has 2 heterocycles. The van der Waals surface area contributed by atoms with Crippen LogP contribution in [0.3, 0.4) is 0 Å². The average Bonchev–Trinajstić information content (AvgIpc) is 2.38. The molecule has 0 unspecified atom stereocenters. The van der Waals surface area contributed by atoms with Crippen LogP contribution in [0.1, 0.15) is 5.56 Å². The van der Waals surface area contributed by atoms with E-state index in [-0.39, 0.29) is 0 Å². The first-order valence-electron chi connectivity index (χ1n) is 4.68. The van der Waals surface area contributed by atoms with Crippen LogP contribution < -0.4 is 4.74 Å². The Hall–Kier alpha value is -2.30. The summed E-state index contributed by atoms with van der Waals surface area (Å²) in [4.78, 5) is 16.2. The molecule has 2 aromatic heterocycles. The van der Waals surface area contributed by atoms with E-state index in [2.05, 4.69) is 19.9 Å².